The minimum atomic E-state index is 0.486. The van der Waals surface area contributed by atoms with Crippen LogP contribution in [0, 0.1) is 0 Å². The number of hydrogen-bond donors (Lipinski definition) is 0. The van der Waals surface area contributed by atoms with Gasteiger partial charge in [0.15, 0.2) is 0 Å². The van der Waals surface area contributed by atoms with Crippen LogP contribution in [0.2, 0.25) is 0 Å². The van der Waals surface area contributed by atoms with Crippen LogP contribution in [0.5, 0.6) is 0 Å². The molecule has 2 aliphatic rings. The van der Waals surface area contributed by atoms with E-state index in [9.17, 15) is 0 Å². The highest BCUT2D eigenvalue weighted by Gasteiger charge is 2.26. The first-order valence-corrected chi connectivity index (χ1v) is 10.2. The number of ether oxygens (including phenoxy) is 1. The summed E-state index contributed by atoms with van der Waals surface area (Å²) in [7, 11) is 2.13. The van der Waals surface area contributed by atoms with E-state index >= 15 is 0 Å². The predicted octanol–water partition coefficient (Wildman–Crippen LogP) is 1.11. The van der Waals surface area contributed by atoms with Gasteiger partial charge in [-0.3, -0.25) is 9.58 Å². The highest BCUT2D eigenvalue weighted by molar-refractivity contribution is 5.04. The summed E-state index contributed by atoms with van der Waals surface area (Å²) in [6.07, 6.45) is 7.46. The van der Waals surface area contributed by atoms with Crippen LogP contribution >= 0.6 is 0 Å². The molecule has 1 atom stereocenters. The van der Waals surface area contributed by atoms with Crippen LogP contribution in [-0.4, -0.2) is 80.3 Å². The van der Waals surface area contributed by atoms with Gasteiger partial charge < -0.3 is 14.2 Å². The Morgan fingerprint density at radius 3 is 2.81 bits per heavy atom. The first-order valence-electron chi connectivity index (χ1n) is 10.2. The van der Waals surface area contributed by atoms with Crippen molar-refractivity contribution in [1.29, 1.82) is 0 Å². The Labute approximate surface area is 161 Å². The highest BCUT2D eigenvalue weighted by atomic mass is 16.5. The maximum atomic E-state index is 5.44. The van der Waals surface area contributed by atoms with Gasteiger partial charge in [-0.1, -0.05) is 0 Å². The van der Waals surface area contributed by atoms with Crippen LogP contribution in [0.25, 0.3) is 0 Å². The fourth-order valence-electron chi connectivity index (χ4n) is 4.19. The van der Waals surface area contributed by atoms with Crippen molar-refractivity contribution in [2.45, 2.75) is 38.3 Å². The van der Waals surface area contributed by atoms with Gasteiger partial charge >= 0.3 is 0 Å². The van der Waals surface area contributed by atoms with Gasteiger partial charge in [0.05, 0.1) is 19.8 Å². The van der Waals surface area contributed by atoms with Crippen LogP contribution in [-0.2, 0) is 24.9 Å². The quantitative estimate of drug-likeness (QED) is 0.725. The third kappa shape index (κ3) is 4.75. The van der Waals surface area contributed by atoms with E-state index in [4.69, 9.17) is 4.74 Å². The van der Waals surface area contributed by atoms with Crippen molar-refractivity contribution in [3.05, 3.63) is 30.1 Å². The van der Waals surface area contributed by atoms with Crippen LogP contribution in [0.1, 0.15) is 36.8 Å². The third-order valence-corrected chi connectivity index (χ3v) is 5.76. The van der Waals surface area contributed by atoms with Crippen molar-refractivity contribution in [2.24, 2.45) is 7.05 Å². The number of likely N-dealkylation sites (tertiary alicyclic amines) is 1. The van der Waals surface area contributed by atoms with E-state index in [2.05, 4.69) is 36.7 Å². The molecule has 2 fully saturated rings. The zero-order valence-corrected chi connectivity index (χ0v) is 16.3. The number of nitrogens with zero attached hydrogens (tertiary/aromatic N) is 7. The lowest BCUT2D eigenvalue weighted by Gasteiger charge is -2.32. The van der Waals surface area contributed by atoms with Crippen molar-refractivity contribution in [3.8, 4) is 0 Å². The summed E-state index contributed by atoms with van der Waals surface area (Å²) in [4.78, 5) is 4.98. The normalized spacial score (nSPS) is 22.3. The third-order valence-electron chi connectivity index (χ3n) is 5.76. The van der Waals surface area contributed by atoms with Gasteiger partial charge in [0, 0.05) is 51.5 Å². The van der Waals surface area contributed by atoms with Crippen LogP contribution in [0.4, 0.5) is 0 Å². The van der Waals surface area contributed by atoms with E-state index in [1.165, 1.54) is 19.4 Å². The van der Waals surface area contributed by atoms with E-state index < -0.39 is 0 Å². The molecule has 2 aliphatic heterocycles. The molecule has 4 rings (SSSR count). The van der Waals surface area contributed by atoms with Gasteiger partial charge in [0.2, 0.25) is 0 Å². The van der Waals surface area contributed by atoms with Crippen molar-refractivity contribution < 1.29 is 4.74 Å². The number of rotatable bonds is 7. The molecule has 1 unspecified atom stereocenters. The summed E-state index contributed by atoms with van der Waals surface area (Å²) in [6.45, 7) is 8.85. The van der Waals surface area contributed by atoms with Crippen molar-refractivity contribution >= 4 is 0 Å². The summed E-state index contributed by atoms with van der Waals surface area (Å²) in [5, 5.41) is 13.4. The lowest BCUT2D eigenvalue weighted by molar-refractivity contribution is 0.0326. The minimum Gasteiger partial charge on any atom is -0.379 e. The standard InChI is InChI=1S/C19H31N7O/c1-23-18(16-25-11-13-27-14-12-25)21-22-19(23)17-5-2-7-24(15-17)8-4-10-26-9-3-6-20-26/h3,6,9,17H,2,4-5,7-8,10-16H2,1H3. The van der Waals surface area contributed by atoms with E-state index in [1.807, 2.05) is 23.1 Å². The number of aryl methyl sites for hydroxylation is 1. The molecule has 4 heterocycles. The van der Waals surface area contributed by atoms with E-state index in [0.717, 1.165) is 70.6 Å². The molecule has 8 heteroatoms. The summed E-state index contributed by atoms with van der Waals surface area (Å²) in [5.74, 6) is 2.71. The maximum Gasteiger partial charge on any atom is 0.146 e. The molecule has 2 aromatic heterocycles. The smallest absolute Gasteiger partial charge is 0.146 e. The predicted molar refractivity (Wildman–Crippen MR) is 102 cm³/mol. The zero-order chi connectivity index (χ0) is 18.5. The average molecular weight is 374 g/mol. The number of hydrogen-bond acceptors (Lipinski definition) is 6. The largest absolute Gasteiger partial charge is 0.379 e. The van der Waals surface area contributed by atoms with Gasteiger partial charge in [-0.15, -0.1) is 10.2 Å². The molecule has 0 saturated carbocycles. The molecule has 0 N–H and O–H groups in total. The summed E-state index contributed by atoms with van der Waals surface area (Å²) in [6, 6.07) is 1.99. The first kappa shape index (κ1) is 18.6. The molecule has 0 amide bonds. The zero-order valence-electron chi connectivity index (χ0n) is 16.3. The van der Waals surface area contributed by atoms with Gasteiger partial charge in [-0.25, -0.2) is 0 Å². The fraction of sp³-hybridized carbons (Fsp3) is 0.737. The molecule has 0 spiro atoms. The first-order chi connectivity index (χ1) is 13.3. The second-order valence-corrected chi connectivity index (χ2v) is 7.68. The lowest BCUT2D eigenvalue weighted by atomic mass is 9.97. The van der Waals surface area contributed by atoms with E-state index in [-0.39, 0.29) is 0 Å². The van der Waals surface area contributed by atoms with Gasteiger partial charge in [0.1, 0.15) is 11.6 Å². The number of piperidine rings is 1. The number of morpholine rings is 1. The highest BCUT2D eigenvalue weighted by Crippen LogP contribution is 2.26. The lowest BCUT2D eigenvalue weighted by Crippen LogP contribution is -2.37. The van der Waals surface area contributed by atoms with Gasteiger partial charge in [-0.05, 0) is 38.4 Å². The molecule has 8 nitrogen and oxygen atoms in total. The maximum absolute atomic E-state index is 5.44. The van der Waals surface area contributed by atoms with Crippen molar-refractivity contribution in [1.82, 2.24) is 34.3 Å². The molecule has 0 aromatic carbocycles. The van der Waals surface area contributed by atoms with Crippen LogP contribution < -0.4 is 0 Å². The molecule has 0 radical (unpaired) electrons. The fourth-order valence-corrected chi connectivity index (χ4v) is 4.19. The topological polar surface area (TPSA) is 64.2 Å². The Kier molecular flexibility index (Phi) is 6.16. The summed E-state index contributed by atoms with van der Waals surface area (Å²) < 4.78 is 9.69. The minimum absolute atomic E-state index is 0.486. The van der Waals surface area contributed by atoms with Gasteiger partial charge in [0.25, 0.3) is 0 Å². The Balaban J connectivity index is 1.31. The molecule has 148 valence electrons. The second-order valence-electron chi connectivity index (χ2n) is 7.68. The Morgan fingerprint density at radius 1 is 1.11 bits per heavy atom. The van der Waals surface area contributed by atoms with Gasteiger partial charge in [-0.2, -0.15) is 5.10 Å². The molecular formula is C19H31N7O. The molecule has 2 saturated heterocycles. The Bertz CT molecular complexity index is 693. The SMILES string of the molecule is Cn1c(CN2CCOCC2)nnc1C1CCCN(CCCn2cccn2)C1. The Hall–Kier alpha value is -1.77. The summed E-state index contributed by atoms with van der Waals surface area (Å²) in [5.41, 5.74) is 0. The average Bonchev–Trinajstić information content (AvgIpc) is 3.34. The van der Waals surface area contributed by atoms with Crippen molar-refractivity contribution in [3.63, 3.8) is 0 Å². The Morgan fingerprint density at radius 2 is 2.00 bits per heavy atom. The monoisotopic (exact) mass is 373 g/mol. The second kappa shape index (κ2) is 8.95. The summed E-state index contributed by atoms with van der Waals surface area (Å²) >= 11 is 0. The van der Waals surface area contributed by atoms with Crippen molar-refractivity contribution in [2.75, 3.05) is 45.9 Å². The molecule has 0 bridgehead atoms. The van der Waals surface area contributed by atoms with Crippen LogP contribution in [0.15, 0.2) is 18.5 Å². The molecular weight excluding hydrogens is 342 g/mol. The molecule has 27 heavy (non-hydrogen) atoms. The van der Waals surface area contributed by atoms with E-state index in [1.54, 1.807) is 0 Å². The number of aromatic nitrogens is 5. The molecule has 2 aromatic rings. The van der Waals surface area contributed by atoms with E-state index in [0.29, 0.717) is 5.92 Å². The molecule has 0 aliphatic carbocycles. The van der Waals surface area contributed by atoms with Crippen LogP contribution in [0.3, 0.4) is 0 Å².